The van der Waals surface area contributed by atoms with Crippen LogP contribution >= 0.6 is 0 Å². The molecule has 0 aromatic heterocycles. The zero-order valence-corrected chi connectivity index (χ0v) is 12.6. The van der Waals surface area contributed by atoms with Crippen molar-refractivity contribution in [2.45, 2.75) is 50.7 Å². The van der Waals surface area contributed by atoms with Gasteiger partial charge in [-0.2, -0.15) is 13.2 Å². The van der Waals surface area contributed by atoms with Crippen LogP contribution in [0, 0.1) is 6.92 Å². The Kier molecular flexibility index (Phi) is 4.55. The van der Waals surface area contributed by atoms with Crippen molar-refractivity contribution in [2.24, 2.45) is 0 Å². The lowest BCUT2D eigenvalue weighted by Gasteiger charge is -2.22. The van der Waals surface area contributed by atoms with Crippen LogP contribution in [0.3, 0.4) is 0 Å². The molecule has 3 nitrogen and oxygen atoms in total. The van der Waals surface area contributed by atoms with Crippen molar-refractivity contribution in [2.75, 3.05) is 0 Å². The number of benzene rings is 1. The molecule has 0 fully saturated rings. The number of rotatable bonds is 3. The number of nitrogens with one attached hydrogen (secondary N) is 1. The van der Waals surface area contributed by atoms with Crippen molar-refractivity contribution < 1.29 is 21.6 Å². The second-order valence-corrected chi connectivity index (χ2v) is 7.41. The number of hydrogen-bond donors (Lipinski definition) is 1. The molecule has 0 aliphatic rings. The van der Waals surface area contributed by atoms with Gasteiger partial charge in [-0.15, -0.1) is 0 Å². The van der Waals surface area contributed by atoms with E-state index in [4.69, 9.17) is 0 Å². The summed E-state index contributed by atoms with van der Waals surface area (Å²) in [7, 11) is -3.99. The van der Waals surface area contributed by atoms with Crippen LogP contribution in [0.2, 0.25) is 0 Å². The van der Waals surface area contributed by atoms with Crippen LogP contribution in [-0.2, 0) is 16.4 Å². The molecule has 0 saturated carbocycles. The molecule has 0 amide bonds. The Morgan fingerprint density at radius 2 is 1.70 bits per heavy atom. The minimum Gasteiger partial charge on any atom is -0.207 e. The lowest BCUT2D eigenvalue weighted by atomic mass is 10.1. The van der Waals surface area contributed by atoms with Gasteiger partial charge in [-0.05, 0) is 39.3 Å². The Morgan fingerprint density at radius 1 is 1.15 bits per heavy atom. The van der Waals surface area contributed by atoms with Crippen LogP contribution in [0.5, 0.6) is 0 Å². The van der Waals surface area contributed by atoms with Crippen LogP contribution in [0.4, 0.5) is 13.2 Å². The molecular formula is C13H18F3NO2S. The third-order valence-electron chi connectivity index (χ3n) is 2.34. The fourth-order valence-electron chi connectivity index (χ4n) is 1.78. The molecule has 0 unspecified atom stereocenters. The molecular weight excluding hydrogens is 291 g/mol. The summed E-state index contributed by atoms with van der Waals surface area (Å²) < 4.78 is 64.4. The Bertz CT molecular complexity index is 587. The summed E-state index contributed by atoms with van der Waals surface area (Å²) in [6.07, 6.45) is -5.73. The van der Waals surface area contributed by atoms with E-state index >= 15 is 0 Å². The van der Waals surface area contributed by atoms with E-state index in [0.717, 1.165) is 0 Å². The number of aryl methyl sites for hydroxylation is 1. The van der Waals surface area contributed by atoms with Crippen LogP contribution < -0.4 is 4.72 Å². The van der Waals surface area contributed by atoms with E-state index in [1.54, 1.807) is 27.7 Å². The first-order valence-electron chi connectivity index (χ1n) is 6.00. The average Bonchev–Trinajstić information content (AvgIpc) is 2.09. The lowest BCUT2D eigenvalue weighted by Crippen LogP contribution is -2.41. The summed E-state index contributed by atoms with van der Waals surface area (Å²) in [5.74, 6) is 0. The molecule has 1 aromatic carbocycles. The number of hydrogen-bond acceptors (Lipinski definition) is 2. The van der Waals surface area contributed by atoms with Gasteiger partial charge in [0.25, 0.3) is 0 Å². The smallest absolute Gasteiger partial charge is 0.207 e. The van der Waals surface area contributed by atoms with Crippen molar-refractivity contribution in [3.63, 3.8) is 0 Å². The van der Waals surface area contributed by atoms with Gasteiger partial charge in [0.1, 0.15) is 0 Å². The van der Waals surface area contributed by atoms with Gasteiger partial charge in [-0.25, -0.2) is 13.1 Å². The Hall–Kier alpha value is -1.08. The first-order chi connectivity index (χ1) is 8.80. The monoisotopic (exact) mass is 309 g/mol. The first-order valence-corrected chi connectivity index (χ1v) is 7.49. The van der Waals surface area contributed by atoms with E-state index in [0.29, 0.717) is 5.56 Å². The fraction of sp³-hybridized carbons (Fsp3) is 0.538. The molecule has 1 aromatic rings. The zero-order chi connectivity index (χ0) is 15.8. The third kappa shape index (κ3) is 5.13. The van der Waals surface area contributed by atoms with Crippen LogP contribution in [-0.4, -0.2) is 20.1 Å². The van der Waals surface area contributed by atoms with Gasteiger partial charge >= 0.3 is 6.18 Å². The Morgan fingerprint density at radius 3 is 2.15 bits per heavy atom. The van der Waals surface area contributed by atoms with Gasteiger partial charge in [0.2, 0.25) is 10.0 Å². The van der Waals surface area contributed by atoms with Crippen molar-refractivity contribution in [3.8, 4) is 0 Å². The highest BCUT2D eigenvalue weighted by Crippen LogP contribution is 2.27. The van der Waals surface area contributed by atoms with E-state index < -0.39 is 28.2 Å². The predicted molar refractivity (Wildman–Crippen MR) is 71.0 cm³/mol. The molecule has 1 rings (SSSR count). The van der Waals surface area contributed by atoms with Crippen molar-refractivity contribution >= 4 is 10.0 Å². The predicted octanol–water partition coefficient (Wildman–Crippen LogP) is 3.18. The van der Waals surface area contributed by atoms with Crippen molar-refractivity contribution in [1.29, 1.82) is 0 Å². The highest BCUT2D eigenvalue weighted by Gasteiger charge is 2.32. The quantitative estimate of drug-likeness (QED) is 0.932. The van der Waals surface area contributed by atoms with E-state index in [1.807, 2.05) is 0 Å². The van der Waals surface area contributed by atoms with Gasteiger partial charge in [-0.3, -0.25) is 0 Å². The fourth-order valence-corrected chi connectivity index (χ4v) is 3.42. The average molecular weight is 309 g/mol. The van der Waals surface area contributed by atoms with E-state index in [-0.39, 0.29) is 10.5 Å². The molecule has 0 heterocycles. The standard InChI is InChI=1S/C13H18F3NO2S/c1-9-5-6-11(10(7-9)8-13(14,15)16)20(18,19)17-12(2,3)4/h5-7,17H,8H2,1-4H3. The van der Waals surface area contributed by atoms with Gasteiger partial charge in [0.05, 0.1) is 11.3 Å². The minimum atomic E-state index is -4.46. The molecule has 0 bridgehead atoms. The largest absolute Gasteiger partial charge is 0.393 e. The molecule has 20 heavy (non-hydrogen) atoms. The summed E-state index contributed by atoms with van der Waals surface area (Å²) in [5.41, 5.74) is -0.424. The molecule has 7 heteroatoms. The maximum atomic E-state index is 12.6. The maximum Gasteiger partial charge on any atom is 0.393 e. The van der Waals surface area contributed by atoms with Gasteiger partial charge in [0, 0.05) is 5.54 Å². The second kappa shape index (κ2) is 5.37. The molecule has 0 atom stereocenters. The summed E-state index contributed by atoms with van der Waals surface area (Å²) in [5, 5.41) is 0. The highest BCUT2D eigenvalue weighted by atomic mass is 32.2. The molecule has 114 valence electrons. The highest BCUT2D eigenvalue weighted by molar-refractivity contribution is 7.89. The van der Waals surface area contributed by atoms with E-state index in [9.17, 15) is 21.6 Å². The first kappa shape index (κ1) is 17.0. The van der Waals surface area contributed by atoms with Crippen LogP contribution in [0.1, 0.15) is 31.9 Å². The topological polar surface area (TPSA) is 46.2 Å². The van der Waals surface area contributed by atoms with Gasteiger partial charge in [0.15, 0.2) is 0 Å². The Labute approximate surface area is 117 Å². The van der Waals surface area contributed by atoms with Crippen molar-refractivity contribution in [3.05, 3.63) is 29.3 Å². The maximum absolute atomic E-state index is 12.6. The molecule has 0 radical (unpaired) electrons. The molecule has 0 saturated heterocycles. The second-order valence-electron chi connectivity index (χ2n) is 5.76. The zero-order valence-electron chi connectivity index (χ0n) is 11.8. The molecule has 1 N–H and O–H groups in total. The SMILES string of the molecule is Cc1ccc(S(=O)(=O)NC(C)(C)C)c(CC(F)(F)F)c1. The van der Waals surface area contributed by atoms with Crippen LogP contribution in [0.15, 0.2) is 23.1 Å². The van der Waals surface area contributed by atoms with E-state index in [1.165, 1.54) is 18.2 Å². The summed E-state index contributed by atoms with van der Waals surface area (Å²) in [6, 6.07) is 3.95. The summed E-state index contributed by atoms with van der Waals surface area (Å²) in [4.78, 5) is -0.324. The lowest BCUT2D eigenvalue weighted by molar-refractivity contribution is -0.127. The van der Waals surface area contributed by atoms with Gasteiger partial charge in [-0.1, -0.05) is 17.7 Å². The molecule has 0 spiro atoms. The Balaban J connectivity index is 3.31. The summed E-state index contributed by atoms with van der Waals surface area (Å²) in [6.45, 7) is 6.50. The van der Waals surface area contributed by atoms with Crippen LogP contribution in [0.25, 0.3) is 0 Å². The number of sulfonamides is 1. The van der Waals surface area contributed by atoms with E-state index in [2.05, 4.69) is 4.72 Å². The van der Waals surface area contributed by atoms with Gasteiger partial charge < -0.3 is 0 Å². The molecule has 0 aliphatic heterocycles. The number of halogens is 3. The third-order valence-corrected chi connectivity index (χ3v) is 4.20. The molecule has 0 aliphatic carbocycles. The number of alkyl halides is 3. The van der Waals surface area contributed by atoms with Crippen molar-refractivity contribution in [1.82, 2.24) is 4.72 Å². The normalized spacial score (nSPS) is 13.6. The minimum absolute atomic E-state index is 0.241. The summed E-state index contributed by atoms with van der Waals surface area (Å²) >= 11 is 0.